The van der Waals surface area contributed by atoms with E-state index in [1.165, 1.54) is 0 Å². The number of hydrogen-bond acceptors (Lipinski definition) is 2. The Morgan fingerprint density at radius 1 is 1.20 bits per heavy atom. The topological polar surface area (TPSA) is 26.3 Å². The molecule has 1 saturated carbocycles. The van der Waals surface area contributed by atoms with Crippen molar-refractivity contribution in [2.45, 2.75) is 44.9 Å². The molecule has 20 heavy (non-hydrogen) atoms. The number of carbonyl (C=O) groups is 1. The summed E-state index contributed by atoms with van der Waals surface area (Å²) in [5.41, 5.74) is -0.610. The SMILES string of the molecule is CC(OC(=O)c1ccc(C(F)(F)F)cc1)C1CCCC1. The van der Waals surface area contributed by atoms with E-state index < -0.39 is 17.7 Å². The van der Waals surface area contributed by atoms with Gasteiger partial charge in [0, 0.05) is 0 Å². The van der Waals surface area contributed by atoms with E-state index in [1.54, 1.807) is 0 Å². The molecule has 1 atom stereocenters. The lowest BCUT2D eigenvalue weighted by Crippen LogP contribution is -2.22. The average Bonchev–Trinajstić information content (AvgIpc) is 2.91. The average molecular weight is 286 g/mol. The first-order valence-corrected chi connectivity index (χ1v) is 6.76. The smallest absolute Gasteiger partial charge is 0.416 e. The van der Waals surface area contributed by atoms with Crippen molar-refractivity contribution in [2.75, 3.05) is 0 Å². The Hall–Kier alpha value is -1.52. The lowest BCUT2D eigenvalue weighted by molar-refractivity contribution is -0.137. The van der Waals surface area contributed by atoms with Gasteiger partial charge in [0.25, 0.3) is 0 Å². The second-order valence-corrected chi connectivity index (χ2v) is 5.23. The quantitative estimate of drug-likeness (QED) is 0.768. The molecule has 2 rings (SSSR count). The van der Waals surface area contributed by atoms with Crippen LogP contribution in [0.1, 0.15) is 48.5 Å². The minimum Gasteiger partial charge on any atom is -0.459 e. The van der Waals surface area contributed by atoms with Crippen LogP contribution in [0.3, 0.4) is 0 Å². The normalized spacial score (nSPS) is 18.0. The predicted molar refractivity (Wildman–Crippen MR) is 68.3 cm³/mol. The maximum atomic E-state index is 12.4. The number of carbonyl (C=O) groups excluding carboxylic acids is 1. The number of ether oxygens (including phenoxy) is 1. The van der Waals surface area contributed by atoms with Crippen molar-refractivity contribution in [3.8, 4) is 0 Å². The summed E-state index contributed by atoms with van der Waals surface area (Å²) in [6, 6.07) is 4.12. The Kier molecular flexibility index (Phi) is 4.35. The van der Waals surface area contributed by atoms with Crippen LogP contribution in [0.4, 0.5) is 13.2 Å². The van der Waals surface area contributed by atoms with Gasteiger partial charge in [-0.1, -0.05) is 12.8 Å². The van der Waals surface area contributed by atoms with Gasteiger partial charge in [-0.25, -0.2) is 4.79 Å². The van der Waals surface area contributed by atoms with Crippen LogP contribution < -0.4 is 0 Å². The molecular formula is C15H17F3O2. The Morgan fingerprint density at radius 3 is 2.25 bits per heavy atom. The van der Waals surface area contributed by atoms with Crippen LogP contribution >= 0.6 is 0 Å². The van der Waals surface area contributed by atoms with E-state index in [4.69, 9.17) is 4.74 Å². The molecule has 1 aliphatic rings. The summed E-state index contributed by atoms with van der Waals surface area (Å²) in [4.78, 5) is 11.9. The van der Waals surface area contributed by atoms with Gasteiger partial charge in [-0.05, 0) is 49.9 Å². The highest BCUT2D eigenvalue weighted by Crippen LogP contribution is 2.31. The number of esters is 1. The van der Waals surface area contributed by atoms with E-state index in [0.717, 1.165) is 49.9 Å². The molecule has 0 aliphatic heterocycles. The molecule has 0 bridgehead atoms. The van der Waals surface area contributed by atoms with Crippen LogP contribution in [0, 0.1) is 5.92 Å². The van der Waals surface area contributed by atoms with Crippen molar-refractivity contribution < 1.29 is 22.7 Å². The summed E-state index contributed by atoms with van der Waals surface area (Å²) in [5, 5.41) is 0. The van der Waals surface area contributed by atoms with Gasteiger partial charge < -0.3 is 4.74 Å². The first-order valence-electron chi connectivity index (χ1n) is 6.76. The fourth-order valence-corrected chi connectivity index (χ4v) is 2.56. The number of hydrogen-bond donors (Lipinski definition) is 0. The largest absolute Gasteiger partial charge is 0.459 e. The number of benzene rings is 1. The van der Waals surface area contributed by atoms with Gasteiger partial charge in [-0.2, -0.15) is 13.2 Å². The van der Waals surface area contributed by atoms with Crippen LogP contribution in [0.2, 0.25) is 0 Å². The van der Waals surface area contributed by atoms with Gasteiger partial charge in [0.1, 0.15) is 6.10 Å². The Morgan fingerprint density at radius 2 is 1.75 bits per heavy atom. The highest BCUT2D eigenvalue weighted by Gasteiger charge is 2.30. The molecule has 0 aromatic heterocycles. The second-order valence-electron chi connectivity index (χ2n) is 5.23. The number of halogens is 3. The Balaban J connectivity index is 1.98. The predicted octanol–water partition coefficient (Wildman–Crippen LogP) is 4.44. The Labute approximate surface area is 115 Å². The maximum absolute atomic E-state index is 12.4. The monoisotopic (exact) mass is 286 g/mol. The van der Waals surface area contributed by atoms with E-state index in [1.807, 2.05) is 6.92 Å². The van der Waals surface area contributed by atoms with E-state index >= 15 is 0 Å². The molecule has 1 unspecified atom stereocenters. The van der Waals surface area contributed by atoms with Crippen LogP contribution in [0.15, 0.2) is 24.3 Å². The molecule has 2 nitrogen and oxygen atoms in total. The van der Waals surface area contributed by atoms with Crippen molar-refractivity contribution in [2.24, 2.45) is 5.92 Å². The van der Waals surface area contributed by atoms with E-state index in [0.29, 0.717) is 5.92 Å². The molecular weight excluding hydrogens is 269 g/mol. The summed E-state index contributed by atoms with van der Waals surface area (Å²) >= 11 is 0. The lowest BCUT2D eigenvalue weighted by atomic mass is 10.0. The first kappa shape index (κ1) is 14.9. The van der Waals surface area contributed by atoms with Gasteiger partial charge in [0.15, 0.2) is 0 Å². The van der Waals surface area contributed by atoms with Crippen LogP contribution in [-0.4, -0.2) is 12.1 Å². The van der Waals surface area contributed by atoms with Crippen LogP contribution in [0.5, 0.6) is 0 Å². The molecule has 5 heteroatoms. The molecule has 1 aromatic rings. The van der Waals surface area contributed by atoms with Crippen molar-refractivity contribution in [1.29, 1.82) is 0 Å². The maximum Gasteiger partial charge on any atom is 0.416 e. The molecule has 0 heterocycles. The van der Waals surface area contributed by atoms with Gasteiger partial charge in [-0.3, -0.25) is 0 Å². The van der Waals surface area contributed by atoms with E-state index in [9.17, 15) is 18.0 Å². The zero-order valence-corrected chi connectivity index (χ0v) is 11.2. The van der Waals surface area contributed by atoms with E-state index in [2.05, 4.69) is 0 Å². The minimum absolute atomic E-state index is 0.155. The number of alkyl halides is 3. The minimum atomic E-state index is -4.39. The summed E-state index contributed by atoms with van der Waals surface area (Å²) in [6.45, 7) is 1.85. The molecule has 110 valence electrons. The third-order valence-electron chi connectivity index (χ3n) is 3.80. The molecule has 1 aromatic carbocycles. The molecule has 0 spiro atoms. The van der Waals surface area contributed by atoms with Gasteiger partial charge >= 0.3 is 12.1 Å². The van der Waals surface area contributed by atoms with Crippen molar-refractivity contribution in [3.05, 3.63) is 35.4 Å². The van der Waals surface area contributed by atoms with Crippen molar-refractivity contribution in [3.63, 3.8) is 0 Å². The molecule has 1 aliphatic carbocycles. The second kappa shape index (κ2) is 5.85. The Bertz CT molecular complexity index is 459. The molecule has 0 radical (unpaired) electrons. The van der Waals surface area contributed by atoms with Crippen molar-refractivity contribution >= 4 is 5.97 Å². The van der Waals surface area contributed by atoms with Crippen LogP contribution in [-0.2, 0) is 10.9 Å². The summed E-state index contributed by atoms with van der Waals surface area (Å²) in [6.07, 6.45) is -0.199. The third-order valence-corrected chi connectivity index (χ3v) is 3.80. The zero-order valence-electron chi connectivity index (χ0n) is 11.2. The summed E-state index contributed by atoms with van der Waals surface area (Å²) in [5.74, 6) is -0.188. The highest BCUT2D eigenvalue weighted by molar-refractivity contribution is 5.89. The zero-order chi connectivity index (χ0) is 14.8. The standard InChI is InChI=1S/C15H17F3O2/c1-10(11-4-2-3-5-11)20-14(19)12-6-8-13(9-7-12)15(16,17)18/h6-11H,2-5H2,1H3. The molecule has 1 fully saturated rings. The highest BCUT2D eigenvalue weighted by atomic mass is 19.4. The lowest BCUT2D eigenvalue weighted by Gasteiger charge is -2.19. The van der Waals surface area contributed by atoms with Crippen LogP contribution in [0.25, 0.3) is 0 Å². The van der Waals surface area contributed by atoms with E-state index in [-0.39, 0.29) is 11.7 Å². The van der Waals surface area contributed by atoms with Crippen molar-refractivity contribution in [1.82, 2.24) is 0 Å². The van der Waals surface area contributed by atoms with Gasteiger partial charge in [0.2, 0.25) is 0 Å². The fraction of sp³-hybridized carbons (Fsp3) is 0.533. The summed E-state index contributed by atoms with van der Waals surface area (Å²) < 4.78 is 42.6. The molecule has 0 N–H and O–H groups in total. The van der Waals surface area contributed by atoms with Gasteiger partial charge in [-0.15, -0.1) is 0 Å². The number of rotatable bonds is 3. The molecule has 0 amide bonds. The molecule has 0 saturated heterocycles. The first-order chi connectivity index (χ1) is 9.38. The van der Waals surface area contributed by atoms with Gasteiger partial charge in [0.05, 0.1) is 11.1 Å². The summed E-state index contributed by atoms with van der Waals surface area (Å²) in [7, 11) is 0. The third kappa shape index (κ3) is 3.52. The fourth-order valence-electron chi connectivity index (χ4n) is 2.56.